The molecule has 3 rings (SSSR count). The zero-order valence-corrected chi connectivity index (χ0v) is 11.5. The van der Waals surface area contributed by atoms with Gasteiger partial charge in [-0.3, -0.25) is 5.43 Å². The molecule has 1 aliphatic rings. The smallest absolute Gasteiger partial charge is 0.418 e. The minimum atomic E-state index is -4.42. The quantitative estimate of drug-likeness (QED) is 0.839. The summed E-state index contributed by atoms with van der Waals surface area (Å²) in [6.45, 7) is 0.457. The molecule has 0 aliphatic carbocycles. The summed E-state index contributed by atoms with van der Waals surface area (Å²) in [4.78, 5) is 0. The number of hydrogen-bond acceptors (Lipinski definition) is 3. The van der Waals surface area contributed by atoms with Crippen LogP contribution in [-0.2, 0) is 6.18 Å². The molecule has 0 saturated carbocycles. The van der Waals surface area contributed by atoms with Crippen LogP contribution in [0, 0.1) is 0 Å². The van der Waals surface area contributed by atoms with Crippen LogP contribution in [0.2, 0.25) is 0 Å². The van der Waals surface area contributed by atoms with Gasteiger partial charge < -0.3 is 4.74 Å². The first-order valence-corrected chi connectivity index (χ1v) is 6.77. The Kier molecular flexibility index (Phi) is 3.75. The minimum Gasteiger partial charge on any atom is -0.492 e. The van der Waals surface area contributed by atoms with E-state index in [2.05, 4.69) is 10.5 Å². The molecular weight excluding hydrogens is 293 g/mol. The Bertz CT molecular complexity index is 711. The summed E-state index contributed by atoms with van der Waals surface area (Å²) in [6.07, 6.45) is -3.88. The first kappa shape index (κ1) is 14.4. The molecule has 0 fully saturated rings. The Morgan fingerprint density at radius 1 is 1.00 bits per heavy atom. The number of benzene rings is 2. The van der Waals surface area contributed by atoms with Gasteiger partial charge in [0.2, 0.25) is 0 Å². The highest BCUT2D eigenvalue weighted by Gasteiger charge is 2.33. The molecule has 1 aliphatic heterocycles. The summed E-state index contributed by atoms with van der Waals surface area (Å²) in [6, 6.07) is 12.6. The number of hydrogen-bond donors (Lipinski definition) is 1. The summed E-state index contributed by atoms with van der Waals surface area (Å²) in [5.74, 6) is 0.693. The molecule has 0 spiro atoms. The molecule has 2 aromatic rings. The normalized spacial score (nSPS) is 16.0. The van der Waals surface area contributed by atoms with Crippen molar-refractivity contribution in [2.75, 3.05) is 12.0 Å². The molecule has 1 heterocycles. The Morgan fingerprint density at radius 2 is 1.73 bits per heavy atom. The molecule has 0 saturated heterocycles. The summed E-state index contributed by atoms with van der Waals surface area (Å²) >= 11 is 0. The van der Waals surface area contributed by atoms with Crippen LogP contribution in [0.1, 0.15) is 17.5 Å². The number of nitrogens with one attached hydrogen (secondary N) is 1. The Labute approximate surface area is 125 Å². The largest absolute Gasteiger partial charge is 0.492 e. The molecule has 2 aromatic carbocycles. The van der Waals surface area contributed by atoms with E-state index in [1.165, 1.54) is 18.2 Å². The Hall–Kier alpha value is -2.50. The summed E-state index contributed by atoms with van der Waals surface area (Å²) in [5, 5.41) is 4.16. The fraction of sp³-hybridized carbons (Fsp3) is 0.188. The lowest BCUT2D eigenvalue weighted by molar-refractivity contribution is -0.136. The monoisotopic (exact) mass is 306 g/mol. The number of nitrogens with zero attached hydrogens (tertiary/aromatic N) is 1. The second kappa shape index (κ2) is 5.71. The van der Waals surface area contributed by atoms with E-state index in [0.717, 1.165) is 11.6 Å². The van der Waals surface area contributed by atoms with Crippen molar-refractivity contribution in [2.45, 2.75) is 12.6 Å². The SMILES string of the molecule is FC(F)(F)c1ccccc1NN=C1CCOc2ccccc21. The van der Waals surface area contributed by atoms with Crippen LogP contribution in [0.5, 0.6) is 5.75 Å². The molecule has 22 heavy (non-hydrogen) atoms. The van der Waals surface area contributed by atoms with Crippen molar-refractivity contribution in [1.29, 1.82) is 0 Å². The molecule has 0 atom stereocenters. The predicted octanol–water partition coefficient (Wildman–Crippen LogP) is 4.30. The van der Waals surface area contributed by atoms with Crippen molar-refractivity contribution in [3.05, 3.63) is 59.7 Å². The maximum atomic E-state index is 12.9. The van der Waals surface area contributed by atoms with E-state index in [4.69, 9.17) is 4.74 Å². The lowest BCUT2D eigenvalue weighted by atomic mass is 10.0. The number of alkyl halides is 3. The van der Waals surface area contributed by atoms with Crippen LogP contribution in [0.15, 0.2) is 53.6 Å². The highest BCUT2D eigenvalue weighted by molar-refractivity contribution is 6.04. The van der Waals surface area contributed by atoms with Crippen molar-refractivity contribution in [3.8, 4) is 5.75 Å². The molecular formula is C16H13F3N2O. The van der Waals surface area contributed by atoms with Crippen molar-refractivity contribution >= 4 is 11.4 Å². The standard InChI is InChI=1S/C16H13F3N2O/c17-16(18,19)12-6-2-3-7-14(12)21-20-13-9-10-22-15-8-4-1-5-11(13)15/h1-8,21H,9-10H2. The second-order valence-electron chi connectivity index (χ2n) is 4.81. The van der Waals surface area contributed by atoms with Crippen LogP contribution in [-0.4, -0.2) is 12.3 Å². The Morgan fingerprint density at radius 3 is 2.55 bits per heavy atom. The van der Waals surface area contributed by atoms with Gasteiger partial charge >= 0.3 is 6.18 Å². The molecule has 6 heteroatoms. The first-order chi connectivity index (χ1) is 10.6. The third kappa shape index (κ3) is 2.90. The molecule has 0 unspecified atom stereocenters. The van der Waals surface area contributed by atoms with Gasteiger partial charge in [0.1, 0.15) is 5.75 Å². The number of halogens is 3. The van der Waals surface area contributed by atoms with Gasteiger partial charge in [-0.2, -0.15) is 18.3 Å². The third-order valence-corrected chi connectivity index (χ3v) is 3.34. The van der Waals surface area contributed by atoms with Crippen LogP contribution < -0.4 is 10.2 Å². The van der Waals surface area contributed by atoms with Gasteiger partial charge in [0.25, 0.3) is 0 Å². The Balaban J connectivity index is 1.90. The average molecular weight is 306 g/mol. The highest BCUT2D eigenvalue weighted by Crippen LogP contribution is 2.34. The second-order valence-corrected chi connectivity index (χ2v) is 4.81. The van der Waals surface area contributed by atoms with Crippen LogP contribution >= 0.6 is 0 Å². The number of hydrazone groups is 1. The first-order valence-electron chi connectivity index (χ1n) is 6.77. The summed E-state index contributed by atoms with van der Waals surface area (Å²) < 4.78 is 44.3. The van der Waals surface area contributed by atoms with Crippen molar-refractivity contribution < 1.29 is 17.9 Å². The van der Waals surface area contributed by atoms with Gasteiger partial charge in [-0.25, -0.2) is 0 Å². The van der Waals surface area contributed by atoms with Crippen LogP contribution in [0.3, 0.4) is 0 Å². The van der Waals surface area contributed by atoms with Gasteiger partial charge in [-0.1, -0.05) is 24.3 Å². The van der Waals surface area contributed by atoms with Crippen LogP contribution in [0.4, 0.5) is 18.9 Å². The molecule has 0 aromatic heterocycles. The maximum absolute atomic E-state index is 12.9. The highest BCUT2D eigenvalue weighted by atomic mass is 19.4. The van der Waals surface area contributed by atoms with Gasteiger partial charge in [-0.05, 0) is 24.3 Å². The van der Waals surface area contributed by atoms with E-state index >= 15 is 0 Å². The van der Waals surface area contributed by atoms with E-state index in [1.807, 2.05) is 24.3 Å². The number of anilines is 1. The lowest BCUT2D eigenvalue weighted by Crippen LogP contribution is -2.17. The van der Waals surface area contributed by atoms with Gasteiger partial charge in [0, 0.05) is 12.0 Å². The molecule has 0 bridgehead atoms. The molecule has 0 radical (unpaired) electrons. The van der Waals surface area contributed by atoms with Gasteiger partial charge in [0.15, 0.2) is 0 Å². The maximum Gasteiger partial charge on any atom is 0.418 e. The average Bonchev–Trinajstić information content (AvgIpc) is 2.52. The molecule has 0 amide bonds. The number of rotatable bonds is 2. The van der Waals surface area contributed by atoms with Crippen molar-refractivity contribution in [2.24, 2.45) is 5.10 Å². The fourth-order valence-electron chi connectivity index (χ4n) is 2.29. The minimum absolute atomic E-state index is 0.0635. The number of para-hydroxylation sites is 2. The van der Waals surface area contributed by atoms with Crippen LogP contribution in [0.25, 0.3) is 0 Å². The van der Waals surface area contributed by atoms with Crippen molar-refractivity contribution in [1.82, 2.24) is 0 Å². The van der Waals surface area contributed by atoms with Gasteiger partial charge in [-0.15, -0.1) is 0 Å². The zero-order chi connectivity index (χ0) is 15.6. The molecule has 1 N–H and O–H groups in total. The predicted molar refractivity (Wildman–Crippen MR) is 78.2 cm³/mol. The fourth-order valence-corrected chi connectivity index (χ4v) is 2.29. The third-order valence-electron chi connectivity index (χ3n) is 3.34. The van der Waals surface area contributed by atoms with E-state index in [-0.39, 0.29) is 5.69 Å². The zero-order valence-electron chi connectivity index (χ0n) is 11.5. The summed E-state index contributed by atoms with van der Waals surface area (Å²) in [5.41, 5.74) is 3.22. The van der Waals surface area contributed by atoms with Gasteiger partial charge in [0.05, 0.1) is 23.6 Å². The van der Waals surface area contributed by atoms with Crippen molar-refractivity contribution in [3.63, 3.8) is 0 Å². The van der Waals surface area contributed by atoms with E-state index in [0.29, 0.717) is 24.5 Å². The lowest BCUT2D eigenvalue weighted by Gasteiger charge is -2.19. The number of fused-ring (bicyclic) bond motifs is 1. The topological polar surface area (TPSA) is 33.6 Å². The summed E-state index contributed by atoms with van der Waals surface area (Å²) in [7, 11) is 0. The van der Waals surface area contributed by atoms with E-state index < -0.39 is 11.7 Å². The molecule has 3 nitrogen and oxygen atoms in total. The van der Waals surface area contributed by atoms with E-state index in [1.54, 1.807) is 0 Å². The van der Waals surface area contributed by atoms with E-state index in [9.17, 15) is 13.2 Å². The molecule has 114 valence electrons. The number of ether oxygens (including phenoxy) is 1.